The van der Waals surface area contributed by atoms with Crippen LogP contribution >= 0.6 is 15.9 Å². The molecule has 1 aromatic carbocycles. The minimum absolute atomic E-state index is 0.100. The minimum Gasteiger partial charge on any atom is -0.330 e. The molecule has 1 aromatic rings. The summed E-state index contributed by atoms with van der Waals surface area (Å²) in [5, 5.41) is 0. The van der Waals surface area contributed by atoms with Gasteiger partial charge in [0.2, 0.25) is 0 Å². The van der Waals surface area contributed by atoms with E-state index in [-0.39, 0.29) is 17.5 Å². The smallest absolute Gasteiger partial charge is 0.141 e. The fourth-order valence-corrected chi connectivity index (χ4v) is 2.01. The molecule has 0 aliphatic heterocycles. The Hall–Kier alpha value is -0.740. The molecule has 0 aliphatic carbocycles. The van der Waals surface area contributed by atoms with Gasteiger partial charge in [-0.2, -0.15) is 0 Å². The Kier molecular flexibility index (Phi) is 5.09. The van der Waals surface area contributed by atoms with Crippen LogP contribution in [0.3, 0.4) is 0 Å². The molecule has 0 bridgehead atoms. The molecule has 16 heavy (non-hydrogen) atoms. The van der Waals surface area contributed by atoms with Gasteiger partial charge in [0.05, 0.1) is 0 Å². The molecule has 0 aliphatic rings. The Labute approximate surface area is 103 Å². The zero-order chi connectivity index (χ0) is 12.1. The highest BCUT2D eigenvalue weighted by Crippen LogP contribution is 2.20. The molecule has 2 N–H and O–H groups in total. The Balaban J connectivity index is 2.76. The van der Waals surface area contributed by atoms with E-state index in [9.17, 15) is 9.18 Å². The number of benzene rings is 1. The predicted octanol–water partition coefficient (Wildman–Crippen LogP) is 2.68. The van der Waals surface area contributed by atoms with Crippen molar-refractivity contribution in [1.82, 2.24) is 0 Å². The monoisotopic (exact) mass is 287 g/mol. The summed E-state index contributed by atoms with van der Waals surface area (Å²) in [5.74, 6) is -0.303. The van der Waals surface area contributed by atoms with Gasteiger partial charge >= 0.3 is 0 Å². The largest absolute Gasteiger partial charge is 0.330 e. The summed E-state index contributed by atoms with van der Waals surface area (Å²) >= 11 is 3.25. The standard InChI is InChI=1S/C12H15BrFNO/c1-2-8(7-15)12(16)5-9-3-4-10(14)6-11(9)13/h3-4,6,8H,2,5,7,15H2,1H3. The molecule has 0 aromatic heterocycles. The molecule has 0 heterocycles. The first kappa shape index (κ1) is 13.3. The predicted molar refractivity (Wildman–Crippen MR) is 65.6 cm³/mol. The first-order chi connectivity index (χ1) is 7.58. The van der Waals surface area contributed by atoms with E-state index in [1.165, 1.54) is 12.1 Å². The number of carbonyl (C=O) groups is 1. The fourth-order valence-electron chi connectivity index (χ4n) is 1.52. The minimum atomic E-state index is -0.311. The van der Waals surface area contributed by atoms with E-state index < -0.39 is 0 Å². The lowest BCUT2D eigenvalue weighted by atomic mass is 9.96. The average Bonchev–Trinajstić information content (AvgIpc) is 2.24. The van der Waals surface area contributed by atoms with Gasteiger partial charge in [-0.1, -0.05) is 28.9 Å². The number of halogens is 2. The van der Waals surface area contributed by atoms with Crippen molar-refractivity contribution in [2.45, 2.75) is 19.8 Å². The second-order valence-corrected chi connectivity index (χ2v) is 4.57. The molecule has 4 heteroatoms. The van der Waals surface area contributed by atoms with Crippen molar-refractivity contribution < 1.29 is 9.18 Å². The van der Waals surface area contributed by atoms with Crippen molar-refractivity contribution in [2.24, 2.45) is 11.7 Å². The lowest BCUT2D eigenvalue weighted by molar-refractivity contribution is -0.122. The zero-order valence-electron chi connectivity index (χ0n) is 9.17. The maximum absolute atomic E-state index is 12.8. The molecule has 1 rings (SSSR count). The Morgan fingerprint density at radius 3 is 2.75 bits per heavy atom. The van der Waals surface area contributed by atoms with Crippen molar-refractivity contribution >= 4 is 21.7 Å². The molecular weight excluding hydrogens is 273 g/mol. The molecule has 0 radical (unpaired) electrons. The van der Waals surface area contributed by atoms with Crippen molar-refractivity contribution in [3.05, 3.63) is 34.1 Å². The van der Waals surface area contributed by atoms with E-state index in [1.54, 1.807) is 6.07 Å². The lowest BCUT2D eigenvalue weighted by Crippen LogP contribution is -2.24. The van der Waals surface area contributed by atoms with Crippen LogP contribution < -0.4 is 5.73 Å². The van der Waals surface area contributed by atoms with E-state index in [4.69, 9.17) is 5.73 Å². The SMILES string of the molecule is CCC(CN)C(=O)Cc1ccc(F)cc1Br. The Morgan fingerprint density at radius 1 is 1.56 bits per heavy atom. The highest BCUT2D eigenvalue weighted by molar-refractivity contribution is 9.10. The van der Waals surface area contributed by atoms with Crippen LogP contribution in [-0.4, -0.2) is 12.3 Å². The third-order valence-electron chi connectivity index (χ3n) is 2.61. The Morgan fingerprint density at radius 2 is 2.25 bits per heavy atom. The van der Waals surface area contributed by atoms with Gasteiger partial charge in [0.25, 0.3) is 0 Å². The average molecular weight is 288 g/mol. The highest BCUT2D eigenvalue weighted by atomic mass is 79.9. The van der Waals surface area contributed by atoms with Crippen LogP contribution in [0.1, 0.15) is 18.9 Å². The van der Waals surface area contributed by atoms with Crippen LogP contribution in [0.15, 0.2) is 22.7 Å². The first-order valence-electron chi connectivity index (χ1n) is 5.25. The third kappa shape index (κ3) is 3.39. The van der Waals surface area contributed by atoms with Crippen molar-refractivity contribution in [1.29, 1.82) is 0 Å². The normalized spacial score (nSPS) is 12.5. The third-order valence-corrected chi connectivity index (χ3v) is 3.35. The van der Waals surface area contributed by atoms with Crippen molar-refractivity contribution in [3.8, 4) is 0 Å². The molecule has 2 nitrogen and oxygen atoms in total. The van der Waals surface area contributed by atoms with Crippen LogP contribution in [0.25, 0.3) is 0 Å². The van der Waals surface area contributed by atoms with Gasteiger partial charge in [0, 0.05) is 23.4 Å². The van der Waals surface area contributed by atoms with E-state index >= 15 is 0 Å². The summed E-state index contributed by atoms with van der Waals surface area (Å²) in [5.41, 5.74) is 6.31. The summed E-state index contributed by atoms with van der Waals surface area (Å²) < 4.78 is 13.5. The summed E-state index contributed by atoms with van der Waals surface area (Å²) in [6, 6.07) is 4.35. The van der Waals surface area contributed by atoms with Crippen LogP contribution in [0.5, 0.6) is 0 Å². The molecule has 0 amide bonds. The molecular formula is C12H15BrFNO. The lowest BCUT2D eigenvalue weighted by Gasteiger charge is -2.11. The summed E-state index contributed by atoms with van der Waals surface area (Å²) in [7, 11) is 0. The van der Waals surface area contributed by atoms with Gasteiger partial charge < -0.3 is 5.73 Å². The molecule has 0 spiro atoms. The second-order valence-electron chi connectivity index (χ2n) is 3.72. The molecule has 1 unspecified atom stereocenters. The molecule has 88 valence electrons. The van der Waals surface area contributed by atoms with E-state index in [2.05, 4.69) is 15.9 Å². The molecule has 0 saturated carbocycles. The van der Waals surface area contributed by atoms with Crippen LogP contribution in [0.2, 0.25) is 0 Å². The van der Waals surface area contributed by atoms with Gasteiger partial charge in [-0.05, 0) is 24.1 Å². The topological polar surface area (TPSA) is 43.1 Å². The van der Waals surface area contributed by atoms with Gasteiger partial charge in [-0.15, -0.1) is 0 Å². The van der Waals surface area contributed by atoms with Gasteiger partial charge in [-0.3, -0.25) is 4.79 Å². The number of Topliss-reactive ketones (excluding diaryl/α,β-unsaturated/α-hetero) is 1. The summed E-state index contributed by atoms with van der Waals surface area (Å²) in [6.07, 6.45) is 1.05. The van der Waals surface area contributed by atoms with E-state index in [1.807, 2.05) is 6.92 Å². The van der Waals surface area contributed by atoms with Crippen LogP contribution in [0.4, 0.5) is 4.39 Å². The maximum Gasteiger partial charge on any atom is 0.141 e. The van der Waals surface area contributed by atoms with Crippen molar-refractivity contribution in [3.63, 3.8) is 0 Å². The fraction of sp³-hybridized carbons (Fsp3) is 0.417. The molecule has 1 atom stereocenters. The van der Waals surface area contributed by atoms with Crippen LogP contribution in [0, 0.1) is 11.7 Å². The first-order valence-corrected chi connectivity index (χ1v) is 6.04. The number of rotatable bonds is 5. The number of hydrogen-bond donors (Lipinski definition) is 1. The quantitative estimate of drug-likeness (QED) is 0.905. The highest BCUT2D eigenvalue weighted by Gasteiger charge is 2.16. The molecule has 0 saturated heterocycles. The van der Waals surface area contributed by atoms with Gasteiger partial charge in [-0.25, -0.2) is 4.39 Å². The maximum atomic E-state index is 12.8. The zero-order valence-corrected chi connectivity index (χ0v) is 10.8. The number of ketones is 1. The summed E-state index contributed by atoms with van der Waals surface area (Å²) in [6.45, 7) is 2.31. The second kappa shape index (κ2) is 6.11. The van der Waals surface area contributed by atoms with Crippen molar-refractivity contribution in [2.75, 3.05) is 6.54 Å². The summed E-state index contributed by atoms with van der Waals surface area (Å²) in [4.78, 5) is 11.8. The molecule has 0 fully saturated rings. The van der Waals surface area contributed by atoms with Crippen LogP contribution in [-0.2, 0) is 11.2 Å². The number of carbonyl (C=O) groups excluding carboxylic acids is 1. The number of nitrogens with two attached hydrogens (primary N) is 1. The van der Waals surface area contributed by atoms with Gasteiger partial charge in [0.1, 0.15) is 11.6 Å². The number of hydrogen-bond acceptors (Lipinski definition) is 2. The Bertz CT molecular complexity index is 377. The van der Waals surface area contributed by atoms with E-state index in [0.717, 1.165) is 12.0 Å². The van der Waals surface area contributed by atoms with Gasteiger partial charge in [0.15, 0.2) is 0 Å². The van der Waals surface area contributed by atoms with E-state index in [0.29, 0.717) is 17.4 Å².